The van der Waals surface area contributed by atoms with Crippen LogP contribution in [0.4, 0.5) is 0 Å². The molecule has 0 aromatic heterocycles. The molecular weight excluding hydrogens is 258 g/mol. The molecule has 2 atom stereocenters. The third kappa shape index (κ3) is 3.64. The minimum atomic E-state index is -0.965. The molecule has 0 bridgehead atoms. The van der Waals surface area contributed by atoms with Crippen molar-refractivity contribution in [3.8, 4) is 0 Å². The lowest BCUT2D eigenvalue weighted by Gasteiger charge is -2.08. The zero-order valence-corrected chi connectivity index (χ0v) is 10.1. The van der Waals surface area contributed by atoms with Gasteiger partial charge in [0, 0.05) is 4.83 Å². The van der Waals surface area contributed by atoms with E-state index in [-0.39, 0.29) is 0 Å². The summed E-state index contributed by atoms with van der Waals surface area (Å²) in [5, 5.41) is 8.65. The molecule has 1 rings (SSSR count). The van der Waals surface area contributed by atoms with E-state index in [4.69, 9.17) is 10.8 Å². The highest BCUT2D eigenvalue weighted by Gasteiger charge is 2.11. The van der Waals surface area contributed by atoms with E-state index in [1.807, 2.05) is 31.2 Å². The summed E-state index contributed by atoms with van der Waals surface area (Å²) in [4.78, 5) is 10.9. The summed E-state index contributed by atoms with van der Waals surface area (Å²) in [6.45, 7) is 2.04. The number of hydrogen-bond donors (Lipinski definition) is 2. The van der Waals surface area contributed by atoms with Gasteiger partial charge in [-0.05, 0) is 24.5 Å². The van der Waals surface area contributed by atoms with Crippen LogP contribution in [0.15, 0.2) is 24.3 Å². The van der Waals surface area contributed by atoms with E-state index in [1.54, 1.807) is 0 Å². The molecule has 0 spiro atoms. The maximum absolute atomic E-state index is 10.5. The smallest absolute Gasteiger partial charge is 0.320 e. The Kier molecular flexibility index (Phi) is 4.29. The van der Waals surface area contributed by atoms with Crippen molar-refractivity contribution >= 4 is 21.9 Å². The molecule has 4 heteroatoms. The molecule has 1 aromatic carbocycles. The molecule has 3 nitrogen and oxygen atoms in total. The van der Waals surface area contributed by atoms with Crippen molar-refractivity contribution in [2.75, 3.05) is 0 Å². The molecule has 0 fully saturated rings. The summed E-state index contributed by atoms with van der Waals surface area (Å²) >= 11 is 3.46. The Morgan fingerprint density at radius 3 is 2.40 bits per heavy atom. The largest absolute Gasteiger partial charge is 0.480 e. The summed E-state index contributed by atoms with van der Waals surface area (Å²) in [7, 11) is 0. The zero-order chi connectivity index (χ0) is 11.4. The highest BCUT2D eigenvalue weighted by atomic mass is 79.9. The van der Waals surface area contributed by atoms with Gasteiger partial charge < -0.3 is 10.8 Å². The van der Waals surface area contributed by atoms with Gasteiger partial charge in [-0.15, -0.1) is 0 Å². The minimum Gasteiger partial charge on any atom is -0.480 e. The van der Waals surface area contributed by atoms with Crippen molar-refractivity contribution in [3.63, 3.8) is 0 Å². The number of aliphatic carboxylic acids is 1. The van der Waals surface area contributed by atoms with Gasteiger partial charge >= 0.3 is 5.97 Å². The van der Waals surface area contributed by atoms with Crippen LogP contribution in [0.5, 0.6) is 0 Å². The summed E-state index contributed by atoms with van der Waals surface area (Å²) in [5.41, 5.74) is 7.55. The van der Waals surface area contributed by atoms with Gasteiger partial charge in [-0.1, -0.05) is 40.2 Å². The quantitative estimate of drug-likeness (QED) is 0.825. The zero-order valence-electron chi connectivity index (χ0n) is 8.48. The average molecular weight is 272 g/mol. The van der Waals surface area contributed by atoms with Crippen LogP contribution in [0.1, 0.15) is 22.9 Å². The third-order valence-corrected chi connectivity index (χ3v) is 2.74. The lowest BCUT2D eigenvalue weighted by atomic mass is 10.0. The van der Waals surface area contributed by atoms with Crippen LogP contribution in [-0.4, -0.2) is 17.1 Å². The van der Waals surface area contributed by atoms with E-state index in [1.165, 1.54) is 5.56 Å². The van der Waals surface area contributed by atoms with Crippen LogP contribution in [0.2, 0.25) is 0 Å². The van der Waals surface area contributed by atoms with Gasteiger partial charge in [-0.2, -0.15) is 0 Å². The molecule has 0 saturated carbocycles. The van der Waals surface area contributed by atoms with E-state index in [9.17, 15) is 4.79 Å². The number of hydrogen-bond acceptors (Lipinski definition) is 2. The molecular formula is C11H14BrNO2. The monoisotopic (exact) mass is 271 g/mol. The predicted octanol–water partition coefficient (Wildman–Crippen LogP) is 2.10. The number of rotatable bonds is 4. The molecule has 1 unspecified atom stereocenters. The average Bonchev–Trinajstić information content (AvgIpc) is 2.18. The first kappa shape index (κ1) is 12.2. The van der Waals surface area contributed by atoms with Crippen molar-refractivity contribution in [2.24, 2.45) is 5.73 Å². The Bertz CT molecular complexity index is 335. The van der Waals surface area contributed by atoms with Gasteiger partial charge in [-0.25, -0.2) is 0 Å². The Morgan fingerprint density at radius 1 is 1.47 bits per heavy atom. The molecule has 0 aliphatic rings. The maximum Gasteiger partial charge on any atom is 0.320 e. The third-order valence-electron chi connectivity index (χ3n) is 2.21. The first-order valence-electron chi connectivity index (χ1n) is 4.72. The summed E-state index contributed by atoms with van der Waals surface area (Å²) in [6.07, 6.45) is 0.367. The highest BCUT2D eigenvalue weighted by molar-refractivity contribution is 9.09. The van der Waals surface area contributed by atoms with Gasteiger partial charge in [0.25, 0.3) is 0 Å². The second-order valence-corrected chi connectivity index (χ2v) is 4.88. The number of benzene rings is 1. The number of carboxylic acids is 1. The van der Waals surface area contributed by atoms with Gasteiger partial charge in [0.2, 0.25) is 0 Å². The van der Waals surface area contributed by atoms with Gasteiger partial charge in [0.1, 0.15) is 6.04 Å². The molecule has 1 aromatic rings. The van der Waals surface area contributed by atoms with Crippen LogP contribution < -0.4 is 5.73 Å². The van der Waals surface area contributed by atoms with Gasteiger partial charge in [0.05, 0.1) is 0 Å². The van der Waals surface area contributed by atoms with Gasteiger partial charge in [0.15, 0.2) is 0 Å². The maximum atomic E-state index is 10.5. The van der Waals surface area contributed by atoms with Gasteiger partial charge in [-0.3, -0.25) is 4.79 Å². The lowest BCUT2D eigenvalue weighted by Crippen LogP contribution is -2.32. The number of alkyl halides is 1. The van der Waals surface area contributed by atoms with Crippen molar-refractivity contribution in [1.29, 1.82) is 0 Å². The van der Waals surface area contributed by atoms with Crippen LogP contribution in [-0.2, 0) is 11.2 Å². The Balaban J connectivity index is 2.68. The molecule has 0 heterocycles. The van der Waals surface area contributed by atoms with E-state index in [0.29, 0.717) is 11.2 Å². The molecule has 0 aliphatic heterocycles. The molecule has 82 valence electrons. The van der Waals surface area contributed by atoms with Crippen LogP contribution in [0.25, 0.3) is 0 Å². The van der Waals surface area contributed by atoms with E-state index < -0.39 is 12.0 Å². The SMILES string of the molecule is CC(Br)c1ccc(C[C@H](N)C(=O)O)cc1. The Labute approximate surface area is 97.4 Å². The topological polar surface area (TPSA) is 63.3 Å². The normalized spacial score (nSPS) is 14.6. The number of halogens is 1. The molecule has 15 heavy (non-hydrogen) atoms. The number of carboxylic acid groups (broad SMARTS) is 1. The summed E-state index contributed by atoms with van der Waals surface area (Å²) in [6, 6.07) is 6.95. The number of carbonyl (C=O) groups is 1. The van der Waals surface area contributed by atoms with Crippen LogP contribution >= 0.6 is 15.9 Å². The first-order valence-corrected chi connectivity index (χ1v) is 5.63. The van der Waals surface area contributed by atoms with Crippen LogP contribution in [0, 0.1) is 0 Å². The summed E-state index contributed by atoms with van der Waals surface area (Å²) in [5.74, 6) is -0.965. The Hall–Kier alpha value is -0.870. The first-order chi connectivity index (χ1) is 7.00. The second kappa shape index (κ2) is 5.28. The molecule has 0 aliphatic carbocycles. The van der Waals surface area contributed by atoms with Crippen molar-refractivity contribution in [2.45, 2.75) is 24.2 Å². The van der Waals surface area contributed by atoms with Crippen molar-refractivity contribution in [1.82, 2.24) is 0 Å². The standard InChI is InChI=1S/C11H14BrNO2/c1-7(12)9-4-2-8(3-5-9)6-10(13)11(14)15/h2-5,7,10H,6,13H2,1H3,(H,14,15)/t7?,10-/m0/s1. The van der Waals surface area contributed by atoms with Crippen molar-refractivity contribution in [3.05, 3.63) is 35.4 Å². The molecule has 0 radical (unpaired) electrons. The predicted molar refractivity (Wildman–Crippen MR) is 63.1 cm³/mol. The number of nitrogens with two attached hydrogens (primary N) is 1. The van der Waals surface area contributed by atoms with E-state index >= 15 is 0 Å². The lowest BCUT2D eigenvalue weighted by molar-refractivity contribution is -0.138. The molecule has 3 N–H and O–H groups in total. The fraction of sp³-hybridized carbons (Fsp3) is 0.364. The van der Waals surface area contributed by atoms with Crippen LogP contribution in [0.3, 0.4) is 0 Å². The highest BCUT2D eigenvalue weighted by Crippen LogP contribution is 2.21. The van der Waals surface area contributed by atoms with E-state index in [2.05, 4.69) is 15.9 Å². The Morgan fingerprint density at radius 2 is 2.00 bits per heavy atom. The second-order valence-electron chi connectivity index (χ2n) is 3.51. The fourth-order valence-electron chi connectivity index (χ4n) is 1.26. The van der Waals surface area contributed by atoms with E-state index in [0.717, 1.165) is 5.56 Å². The molecule has 0 amide bonds. The minimum absolute atomic E-state index is 0.305. The fourth-order valence-corrected chi connectivity index (χ4v) is 1.57. The molecule has 0 saturated heterocycles. The van der Waals surface area contributed by atoms with Crippen molar-refractivity contribution < 1.29 is 9.90 Å². The summed E-state index contributed by atoms with van der Waals surface area (Å²) < 4.78 is 0.